The molecule has 24 heavy (non-hydrogen) atoms. The van der Waals surface area contributed by atoms with Crippen LogP contribution in [-0.4, -0.2) is 23.7 Å². The Balaban J connectivity index is 1.68. The fraction of sp³-hybridized carbons (Fsp3) is 0.529. The highest BCUT2D eigenvalue weighted by Gasteiger charge is 2.27. The van der Waals surface area contributed by atoms with Crippen LogP contribution in [0.1, 0.15) is 33.1 Å². The summed E-state index contributed by atoms with van der Waals surface area (Å²) in [5.74, 6) is 1.59. The molecule has 0 saturated heterocycles. The number of ether oxygens (including phenoxy) is 1. The van der Waals surface area contributed by atoms with E-state index in [1.807, 2.05) is 12.1 Å². The first-order chi connectivity index (χ1) is 11.5. The molecule has 3 N–H and O–H groups in total. The Morgan fingerprint density at radius 3 is 2.88 bits per heavy atom. The van der Waals surface area contributed by atoms with Gasteiger partial charge in [-0.05, 0) is 48.7 Å². The molecule has 3 atom stereocenters. The molecule has 1 saturated carbocycles. The van der Waals surface area contributed by atoms with Crippen molar-refractivity contribution in [2.45, 2.75) is 39.2 Å². The number of nitrogens with one attached hydrogen (secondary N) is 3. The van der Waals surface area contributed by atoms with Crippen molar-refractivity contribution >= 4 is 39.2 Å². The zero-order valence-corrected chi connectivity index (χ0v) is 16.4. The van der Waals surface area contributed by atoms with Crippen molar-refractivity contribution < 1.29 is 9.53 Å². The Morgan fingerprint density at radius 2 is 2.12 bits per heavy atom. The second-order valence-electron chi connectivity index (χ2n) is 6.27. The van der Waals surface area contributed by atoms with Crippen LogP contribution in [0.2, 0.25) is 0 Å². The number of carbonyl (C=O) groups is 1. The predicted octanol–water partition coefficient (Wildman–Crippen LogP) is 3.15. The van der Waals surface area contributed by atoms with E-state index >= 15 is 0 Å². The van der Waals surface area contributed by atoms with Crippen molar-refractivity contribution in [3.05, 3.63) is 28.7 Å². The van der Waals surface area contributed by atoms with Gasteiger partial charge in [0.25, 0.3) is 5.91 Å². The number of hydrazine groups is 1. The Hall–Kier alpha value is -1.34. The van der Waals surface area contributed by atoms with Crippen LogP contribution in [0.25, 0.3) is 0 Å². The zero-order valence-electron chi connectivity index (χ0n) is 14.0. The lowest BCUT2D eigenvalue weighted by Gasteiger charge is -2.35. The van der Waals surface area contributed by atoms with Gasteiger partial charge in [0.05, 0.1) is 0 Å². The van der Waals surface area contributed by atoms with E-state index in [0.29, 0.717) is 28.7 Å². The summed E-state index contributed by atoms with van der Waals surface area (Å²) in [4.78, 5) is 11.8. The minimum Gasteiger partial charge on any atom is -0.484 e. The zero-order chi connectivity index (χ0) is 17.5. The summed E-state index contributed by atoms with van der Waals surface area (Å²) in [6.07, 6.45) is 3.58. The van der Waals surface area contributed by atoms with Crippen molar-refractivity contribution in [1.29, 1.82) is 0 Å². The van der Waals surface area contributed by atoms with Gasteiger partial charge in [0, 0.05) is 10.5 Å². The number of carbonyl (C=O) groups excluding carboxylic acids is 1. The predicted molar refractivity (Wildman–Crippen MR) is 103 cm³/mol. The maximum atomic E-state index is 11.8. The number of hydrogen-bond donors (Lipinski definition) is 3. The molecule has 0 aliphatic heterocycles. The molecule has 1 aromatic carbocycles. The lowest BCUT2D eigenvalue weighted by Crippen LogP contribution is -2.53. The smallest absolute Gasteiger partial charge is 0.276 e. The summed E-state index contributed by atoms with van der Waals surface area (Å²) >= 11 is 8.61. The van der Waals surface area contributed by atoms with Gasteiger partial charge in [0.15, 0.2) is 11.7 Å². The summed E-state index contributed by atoms with van der Waals surface area (Å²) < 4.78 is 6.32. The highest BCUT2D eigenvalue weighted by atomic mass is 79.9. The van der Waals surface area contributed by atoms with Gasteiger partial charge in [0.2, 0.25) is 0 Å². The molecule has 0 bridgehead atoms. The summed E-state index contributed by atoms with van der Waals surface area (Å²) in [6.45, 7) is 4.44. The molecule has 0 unspecified atom stereocenters. The molecule has 1 aliphatic carbocycles. The van der Waals surface area contributed by atoms with Crippen LogP contribution < -0.4 is 20.9 Å². The third kappa shape index (κ3) is 5.94. The van der Waals surface area contributed by atoms with Gasteiger partial charge in [-0.1, -0.05) is 48.7 Å². The van der Waals surface area contributed by atoms with Gasteiger partial charge in [-0.25, -0.2) is 0 Å². The monoisotopic (exact) mass is 413 g/mol. The molecule has 1 aliphatic rings. The first kappa shape index (κ1) is 19.0. The van der Waals surface area contributed by atoms with E-state index in [1.54, 1.807) is 12.1 Å². The van der Waals surface area contributed by atoms with Gasteiger partial charge < -0.3 is 10.1 Å². The molecule has 0 radical (unpaired) electrons. The summed E-state index contributed by atoms with van der Waals surface area (Å²) in [5.41, 5.74) is 5.30. The highest BCUT2D eigenvalue weighted by molar-refractivity contribution is 9.10. The van der Waals surface area contributed by atoms with E-state index in [1.165, 1.54) is 12.8 Å². The van der Waals surface area contributed by atoms with Crippen LogP contribution in [0.5, 0.6) is 5.75 Å². The average Bonchev–Trinajstić information content (AvgIpc) is 2.55. The Bertz CT molecular complexity index is 585. The first-order valence-electron chi connectivity index (χ1n) is 8.19. The molecular weight excluding hydrogens is 390 g/mol. The maximum absolute atomic E-state index is 11.8. The maximum Gasteiger partial charge on any atom is 0.276 e. The SMILES string of the molecule is C[C@@H]1[C@H](C)CCC[C@@H]1NC(=S)NNC(=O)COc1cccc(Br)c1. The van der Waals surface area contributed by atoms with Gasteiger partial charge in [-0.2, -0.15) is 0 Å². The van der Waals surface area contributed by atoms with Crippen molar-refractivity contribution in [3.8, 4) is 5.75 Å². The van der Waals surface area contributed by atoms with Gasteiger partial charge in [-0.15, -0.1) is 0 Å². The van der Waals surface area contributed by atoms with Crippen molar-refractivity contribution in [2.24, 2.45) is 11.8 Å². The molecule has 1 aromatic rings. The third-order valence-corrected chi connectivity index (χ3v) is 5.22. The standard InChI is InChI=1S/C17H24BrN3O2S/c1-11-5-3-8-15(12(11)2)19-17(24)21-20-16(22)10-23-14-7-4-6-13(18)9-14/h4,6-7,9,11-12,15H,3,5,8,10H2,1-2H3,(H,20,22)(H2,19,21,24)/t11-,12-,15+/m1/s1. The number of thiocarbonyl (C=S) groups is 1. The number of amides is 1. The van der Waals surface area contributed by atoms with E-state index < -0.39 is 0 Å². The normalized spacial score (nSPS) is 23.2. The fourth-order valence-corrected chi connectivity index (χ4v) is 3.44. The first-order valence-corrected chi connectivity index (χ1v) is 9.39. The topological polar surface area (TPSA) is 62.4 Å². The summed E-state index contributed by atoms with van der Waals surface area (Å²) in [6, 6.07) is 7.69. The van der Waals surface area contributed by atoms with E-state index in [4.69, 9.17) is 17.0 Å². The van der Waals surface area contributed by atoms with Gasteiger partial charge in [0.1, 0.15) is 5.75 Å². The molecule has 132 valence electrons. The molecule has 0 heterocycles. The quantitative estimate of drug-likeness (QED) is 0.522. The molecule has 1 amide bonds. The van der Waals surface area contributed by atoms with E-state index in [2.05, 4.69) is 45.9 Å². The van der Waals surface area contributed by atoms with Gasteiger partial charge >= 0.3 is 0 Å². The highest BCUT2D eigenvalue weighted by Crippen LogP contribution is 2.29. The average molecular weight is 414 g/mol. The van der Waals surface area contributed by atoms with Crippen molar-refractivity contribution in [3.63, 3.8) is 0 Å². The lowest BCUT2D eigenvalue weighted by atomic mass is 9.78. The van der Waals surface area contributed by atoms with E-state index in [-0.39, 0.29) is 12.5 Å². The van der Waals surface area contributed by atoms with Crippen LogP contribution >= 0.6 is 28.1 Å². The molecular formula is C17H24BrN3O2S. The summed E-state index contributed by atoms with van der Waals surface area (Å²) in [7, 11) is 0. The van der Waals surface area contributed by atoms with Crippen LogP contribution in [0.15, 0.2) is 28.7 Å². The van der Waals surface area contributed by atoms with Crippen LogP contribution in [0.4, 0.5) is 0 Å². The number of halogens is 1. The molecule has 7 heteroatoms. The minimum atomic E-state index is -0.288. The molecule has 2 rings (SSSR count). The Morgan fingerprint density at radius 1 is 1.33 bits per heavy atom. The molecule has 1 fully saturated rings. The number of hydrogen-bond acceptors (Lipinski definition) is 3. The second kappa shape index (κ2) is 9.22. The molecule has 0 aromatic heterocycles. The van der Waals surface area contributed by atoms with E-state index in [0.717, 1.165) is 10.9 Å². The van der Waals surface area contributed by atoms with Crippen LogP contribution in [-0.2, 0) is 4.79 Å². The van der Waals surface area contributed by atoms with E-state index in [9.17, 15) is 4.79 Å². The third-order valence-electron chi connectivity index (χ3n) is 4.50. The lowest BCUT2D eigenvalue weighted by molar-refractivity contribution is -0.123. The van der Waals surface area contributed by atoms with Crippen molar-refractivity contribution in [1.82, 2.24) is 16.2 Å². The number of benzene rings is 1. The molecule has 5 nitrogen and oxygen atoms in total. The van der Waals surface area contributed by atoms with Gasteiger partial charge in [-0.3, -0.25) is 15.6 Å². The minimum absolute atomic E-state index is 0.0804. The largest absolute Gasteiger partial charge is 0.484 e. The fourth-order valence-electron chi connectivity index (χ4n) is 2.86. The summed E-state index contributed by atoms with van der Waals surface area (Å²) in [5, 5.41) is 3.74. The van der Waals surface area contributed by atoms with Crippen molar-refractivity contribution in [2.75, 3.05) is 6.61 Å². The number of rotatable bonds is 4. The Labute approximate surface area is 157 Å². The molecule has 0 spiro atoms. The van der Waals surface area contributed by atoms with Crippen LogP contribution in [0, 0.1) is 11.8 Å². The Kier molecular flexibility index (Phi) is 7.30. The second-order valence-corrected chi connectivity index (χ2v) is 7.59. The van der Waals surface area contributed by atoms with Crippen LogP contribution in [0.3, 0.4) is 0 Å².